The van der Waals surface area contributed by atoms with E-state index in [-0.39, 0.29) is 16.2 Å². The van der Waals surface area contributed by atoms with Gasteiger partial charge in [0.25, 0.3) is 0 Å². The largest absolute Gasteiger partial charge is 0.389 e. The molecule has 0 saturated heterocycles. The van der Waals surface area contributed by atoms with Crippen molar-refractivity contribution in [3.8, 4) is 0 Å². The minimum Gasteiger partial charge on any atom is -0.389 e. The zero-order chi connectivity index (χ0) is 15.6. The minimum atomic E-state index is -0.734. The summed E-state index contributed by atoms with van der Waals surface area (Å²) in [6, 6.07) is 7.72. The average Bonchev–Trinajstić information content (AvgIpc) is 2.43. The fourth-order valence-corrected chi connectivity index (χ4v) is 2.47. The molecule has 2 aromatic carbocycles. The monoisotopic (exact) mass is 370 g/mol. The van der Waals surface area contributed by atoms with E-state index in [0.717, 1.165) is 28.6 Å². The van der Waals surface area contributed by atoms with Crippen LogP contribution < -0.4 is 11.1 Å². The second-order valence-electron chi connectivity index (χ2n) is 4.46. The van der Waals surface area contributed by atoms with Crippen LogP contribution in [-0.2, 0) is 6.42 Å². The number of halogens is 3. The summed E-state index contributed by atoms with van der Waals surface area (Å²) < 4.78 is 29.0. The second kappa shape index (κ2) is 6.49. The van der Waals surface area contributed by atoms with Crippen molar-refractivity contribution < 1.29 is 8.78 Å². The number of hydrogen-bond acceptors (Lipinski definition) is 2. The Bertz CT molecular complexity index is 681. The van der Waals surface area contributed by atoms with Gasteiger partial charge in [-0.3, -0.25) is 0 Å². The maximum Gasteiger partial charge on any atom is 0.150 e. The van der Waals surface area contributed by atoms with Crippen LogP contribution in [0, 0.1) is 11.6 Å². The number of benzene rings is 2. The Morgan fingerprint density at radius 1 is 1.24 bits per heavy atom. The highest BCUT2D eigenvalue weighted by Gasteiger charge is 2.14. The molecule has 3 N–H and O–H groups in total. The van der Waals surface area contributed by atoms with Crippen molar-refractivity contribution >= 4 is 44.5 Å². The van der Waals surface area contributed by atoms with Gasteiger partial charge >= 0.3 is 0 Å². The topological polar surface area (TPSA) is 38.0 Å². The van der Waals surface area contributed by atoms with Crippen LogP contribution in [0.25, 0.3) is 0 Å². The average molecular weight is 371 g/mol. The van der Waals surface area contributed by atoms with Crippen LogP contribution >= 0.6 is 28.1 Å². The third-order valence-electron chi connectivity index (χ3n) is 3.03. The van der Waals surface area contributed by atoms with Crippen LogP contribution in [0.5, 0.6) is 0 Å². The van der Waals surface area contributed by atoms with Crippen molar-refractivity contribution in [2.24, 2.45) is 5.73 Å². The molecule has 110 valence electrons. The Morgan fingerprint density at radius 3 is 2.38 bits per heavy atom. The third kappa shape index (κ3) is 3.57. The molecule has 6 heteroatoms. The number of hydrogen-bond donors (Lipinski definition) is 2. The molecule has 0 heterocycles. The van der Waals surface area contributed by atoms with E-state index in [4.69, 9.17) is 18.0 Å². The van der Waals surface area contributed by atoms with Gasteiger partial charge < -0.3 is 11.1 Å². The Kier molecular flexibility index (Phi) is 4.90. The van der Waals surface area contributed by atoms with Gasteiger partial charge in [-0.25, -0.2) is 8.78 Å². The molecule has 2 aromatic rings. The van der Waals surface area contributed by atoms with Crippen LogP contribution in [0.1, 0.15) is 18.1 Å². The van der Waals surface area contributed by atoms with E-state index >= 15 is 0 Å². The first-order valence-electron chi connectivity index (χ1n) is 6.26. The Hall–Kier alpha value is -1.53. The molecular weight excluding hydrogens is 358 g/mol. The number of rotatable bonds is 4. The van der Waals surface area contributed by atoms with E-state index in [1.165, 1.54) is 0 Å². The highest BCUT2D eigenvalue weighted by Crippen LogP contribution is 2.28. The van der Waals surface area contributed by atoms with Crippen molar-refractivity contribution in [3.63, 3.8) is 0 Å². The number of aryl methyl sites for hydroxylation is 1. The summed E-state index contributed by atoms with van der Waals surface area (Å²) in [5.74, 6) is -1.47. The summed E-state index contributed by atoms with van der Waals surface area (Å²) in [5.41, 5.74) is 6.94. The normalized spacial score (nSPS) is 10.5. The standard InChI is InChI=1S/C15H13BrF2N2S/c1-2-8-5-10(16)3-4-13(8)20-14-11(17)6-9(15(19)21)7-12(14)18/h3-7,20H,2H2,1H3,(H2,19,21). The molecule has 0 bridgehead atoms. The van der Waals surface area contributed by atoms with Gasteiger partial charge in [-0.15, -0.1) is 0 Å². The summed E-state index contributed by atoms with van der Waals surface area (Å²) in [6.45, 7) is 1.97. The zero-order valence-electron chi connectivity index (χ0n) is 11.2. The number of thiocarbonyl (C=S) groups is 1. The van der Waals surface area contributed by atoms with Gasteiger partial charge in [0.2, 0.25) is 0 Å². The molecule has 0 amide bonds. The summed E-state index contributed by atoms with van der Waals surface area (Å²) in [4.78, 5) is -0.0442. The minimum absolute atomic E-state index is 0.0442. The lowest BCUT2D eigenvalue weighted by Gasteiger charge is -2.14. The summed E-state index contributed by atoms with van der Waals surface area (Å²) >= 11 is 8.10. The van der Waals surface area contributed by atoms with Gasteiger partial charge in [-0.2, -0.15) is 0 Å². The van der Waals surface area contributed by atoms with Gasteiger partial charge in [0.05, 0.1) is 0 Å². The van der Waals surface area contributed by atoms with Gasteiger partial charge in [0.15, 0.2) is 0 Å². The zero-order valence-corrected chi connectivity index (χ0v) is 13.6. The van der Waals surface area contributed by atoms with Crippen LogP contribution in [0.15, 0.2) is 34.8 Å². The Morgan fingerprint density at radius 2 is 1.86 bits per heavy atom. The van der Waals surface area contributed by atoms with E-state index in [1.807, 2.05) is 13.0 Å². The van der Waals surface area contributed by atoms with Crippen LogP contribution in [0.3, 0.4) is 0 Å². The number of nitrogens with two attached hydrogens (primary N) is 1. The smallest absolute Gasteiger partial charge is 0.150 e. The molecule has 0 aliphatic rings. The van der Waals surface area contributed by atoms with Crippen molar-refractivity contribution in [1.29, 1.82) is 0 Å². The fraction of sp³-hybridized carbons (Fsp3) is 0.133. The lowest BCUT2D eigenvalue weighted by molar-refractivity contribution is 0.590. The first-order valence-corrected chi connectivity index (χ1v) is 7.46. The predicted molar refractivity (Wildman–Crippen MR) is 89.0 cm³/mol. The van der Waals surface area contributed by atoms with Gasteiger partial charge in [0, 0.05) is 15.7 Å². The molecular formula is C15H13BrF2N2S. The van der Waals surface area contributed by atoms with E-state index in [1.54, 1.807) is 12.1 Å². The molecule has 0 aliphatic carbocycles. The number of nitrogens with one attached hydrogen (secondary N) is 1. The molecule has 0 saturated carbocycles. The third-order valence-corrected chi connectivity index (χ3v) is 3.76. The van der Waals surface area contributed by atoms with Crippen LogP contribution in [0.2, 0.25) is 0 Å². The fourth-order valence-electron chi connectivity index (χ4n) is 1.95. The maximum atomic E-state index is 14.0. The van der Waals surface area contributed by atoms with Crippen molar-refractivity contribution in [3.05, 3.63) is 57.6 Å². The molecule has 21 heavy (non-hydrogen) atoms. The lowest BCUT2D eigenvalue weighted by atomic mass is 10.1. The molecule has 0 aliphatic heterocycles. The van der Waals surface area contributed by atoms with Gasteiger partial charge in [-0.1, -0.05) is 35.1 Å². The van der Waals surface area contributed by atoms with Crippen LogP contribution in [-0.4, -0.2) is 4.99 Å². The second-order valence-corrected chi connectivity index (χ2v) is 5.81. The van der Waals surface area contributed by atoms with E-state index < -0.39 is 11.6 Å². The lowest BCUT2D eigenvalue weighted by Crippen LogP contribution is -2.11. The molecule has 0 atom stereocenters. The molecule has 0 unspecified atom stereocenters. The SMILES string of the molecule is CCc1cc(Br)ccc1Nc1c(F)cc(C(N)=S)cc1F. The summed E-state index contributed by atoms with van der Waals surface area (Å²) in [6.07, 6.45) is 0.732. The summed E-state index contributed by atoms with van der Waals surface area (Å²) in [5, 5.41) is 2.80. The quantitative estimate of drug-likeness (QED) is 0.768. The van der Waals surface area contributed by atoms with E-state index in [2.05, 4.69) is 21.2 Å². The molecule has 2 rings (SSSR count). The highest BCUT2D eigenvalue weighted by molar-refractivity contribution is 9.10. The van der Waals surface area contributed by atoms with Crippen LogP contribution in [0.4, 0.5) is 20.2 Å². The maximum absolute atomic E-state index is 14.0. The molecule has 0 radical (unpaired) electrons. The van der Waals surface area contributed by atoms with Crippen molar-refractivity contribution in [2.75, 3.05) is 5.32 Å². The first-order chi connectivity index (χ1) is 9.92. The van der Waals surface area contributed by atoms with Gasteiger partial charge in [-0.05, 0) is 42.3 Å². The Labute approximate surface area is 135 Å². The summed E-state index contributed by atoms with van der Waals surface area (Å²) in [7, 11) is 0. The molecule has 0 fully saturated rings. The highest BCUT2D eigenvalue weighted by atomic mass is 79.9. The molecule has 0 aromatic heterocycles. The predicted octanol–water partition coefficient (Wildman–Crippen LogP) is 4.67. The van der Waals surface area contributed by atoms with Crippen molar-refractivity contribution in [1.82, 2.24) is 0 Å². The van der Waals surface area contributed by atoms with E-state index in [0.29, 0.717) is 5.69 Å². The Balaban J connectivity index is 2.43. The molecule has 2 nitrogen and oxygen atoms in total. The van der Waals surface area contributed by atoms with Gasteiger partial charge in [0.1, 0.15) is 22.3 Å². The van der Waals surface area contributed by atoms with Crippen molar-refractivity contribution in [2.45, 2.75) is 13.3 Å². The first kappa shape index (κ1) is 15.9. The number of anilines is 2. The van der Waals surface area contributed by atoms with E-state index in [9.17, 15) is 8.78 Å². The molecule has 0 spiro atoms.